The van der Waals surface area contributed by atoms with Gasteiger partial charge in [-0.2, -0.15) is 8.78 Å². The van der Waals surface area contributed by atoms with E-state index >= 15 is 0 Å². The monoisotopic (exact) mass is 398 g/mol. The fraction of sp³-hybridized carbons (Fsp3) is 0.125. The average Bonchev–Trinajstić information content (AvgIpc) is 2.52. The Morgan fingerprint density at radius 3 is 2.79 bits per heavy atom. The summed E-state index contributed by atoms with van der Waals surface area (Å²) in [7, 11) is 0. The van der Waals surface area contributed by atoms with Gasteiger partial charge in [-0.3, -0.25) is 4.79 Å². The van der Waals surface area contributed by atoms with Gasteiger partial charge < -0.3 is 14.9 Å². The van der Waals surface area contributed by atoms with Crippen LogP contribution in [0, 0.1) is 0 Å². The topological polar surface area (TPSA) is 59.9 Å². The first kappa shape index (κ1) is 17.9. The van der Waals surface area contributed by atoms with E-state index in [9.17, 15) is 13.6 Å². The number of carbonyl (C=O) groups excluding carboxylic acids is 1. The number of halogens is 3. The van der Waals surface area contributed by atoms with Crippen molar-refractivity contribution in [2.24, 2.45) is 5.16 Å². The molecule has 1 N–H and O–H groups in total. The molecule has 0 heterocycles. The number of carbonyl (C=O) groups is 1. The normalized spacial score (nSPS) is 10.8. The Bertz CT molecular complexity index is 726. The maximum atomic E-state index is 12.3. The quantitative estimate of drug-likeness (QED) is 0.565. The molecule has 0 unspecified atom stereocenters. The van der Waals surface area contributed by atoms with E-state index in [2.05, 4.69) is 31.1 Å². The second-order valence-corrected chi connectivity index (χ2v) is 5.40. The first-order valence-corrected chi connectivity index (χ1v) is 7.58. The number of nitrogens with zero attached hydrogens (tertiary/aromatic N) is 1. The van der Waals surface area contributed by atoms with Crippen molar-refractivity contribution in [3.8, 4) is 5.75 Å². The Morgan fingerprint density at radius 2 is 2.04 bits per heavy atom. The average molecular weight is 399 g/mol. The van der Waals surface area contributed by atoms with Gasteiger partial charge in [0, 0.05) is 15.7 Å². The van der Waals surface area contributed by atoms with Gasteiger partial charge in [0.2, 0.25) is 0 Å². The number of hydrogen-bond acceptors (Lipinski definition) is 4. The Hall–Kier alpha value is -2.48. The minimum atomic E-state index is -2.93. The zero-order valence-corrected chi connectivity index (χ0v) is 13.9. The lowest BCUT2D eigenvalue weighted by Gasteiger charge is -2.07. The Kier molecular flexibility index (Phi) is 6.68. The molecule has 5 nitrogen and oxygen atoms in total. The van der Waals surface area contributed by atoms with Gasteiger partial charge in [0.15, 0.2) is 6.61 Å². The molecule has 0 saturated heterocycles. The summed E-state index contributed by atoms with van der Waals surface area (Å²) in [5, 5.41) is 6.22. The van der Waals surface area contributed by atoms with Crippen LogP contribution in [0.2, 0.25) is 0 Å². The highest BCUT2D eigenvalue weighted by Gasteiger charge is 2.07. The molecule has 8 heteroatoms. The fourth-order valence-electron chi connectivity index (χ4n) is 1.74. The maximum Gasteiger partial charge on any atom is 0.387 e. The van der Waals surface area contributed by atoms with E-state index in [4.69, 9.17) is 4.84 Å². The van der Waals surface area contributed by atoms with Crippen molar-refractivity contribution in [3.05, 3.63) is 58.6 Å². The molecule has 0 bridgehead atoms. The summed E-state index contributed by atoms with van der Waals surface area (Å²) < 4.78 is 29.7. The number of rotatable bonds is 7. The Balaban J connectivity index is 1.85. The molecule has 0 aromatic heterocycles. The first-order valence-electron chi connectivity index (χ1n) is 6.79. The lowest BCUT2D eigenvalue weighted by atomic mass is 10.2. The highest BCUT2D eigenvalue weighted by Crippen LogP contribution is 2.18. The van der Waals surface area contributed by atoms with Crippen LogP contribution in [0.25, 0.3) is 0 Å². The van der Waals surface area contributed by atoms with Crippen molar-refractivity contribution in [1.29, 1.82) is 0 Å². The van der Waals surface area contributed by atoms with Crippen molar-refractivity contribution >= 4 is 33.7 Å². The van der Waals surface area contributed by atoms with Crippen LogP contribution in [0.4, 0.5) is 14.5 Å². The van der Waals surface area contributed by atoms with Crippen molar-refractivity contribution in [3.63, 3.8) is 0 Å². The molecule has 1 amide bonds. The SMILES string of the molecule is O=C(CO/N=C\c1ccccc1OC(F)F)Nc1cccc(Br)c1. The minimum absolute atomic E-state index is 0.0292. The van der Waals surface area contributed by atoms with Crippen LogP contribution in [0.15, 0.2) is 58.2 Å². The number of oxime groups is 1. The largest absolute Gasteiger partial charge is 0.434 e. The van der Waals surface area contributed by atoms with E-state index in [-0.39, 0.29) is 12.4 Å². The summed E-state index contributed by atoms with van der Waals surface area (Å²) in [6, 6.07) is 13.2. The summed E-state index contributed by atoms with van der Waals surface area (Å²) in [6.07, 6.45) is 1.20. The lowest BCUT2D eigenvalue weighted by molar-refractivity contribution is -0.120. The third-order valence-corrected chi connectivity index (χ3v) is 3.20. The van der Waals surface area contributed by atoms with Gasteiger partial charge in [0.1, 0.15) is 5.75 Å². The highest BCUT2D eigenvalue weighted by atomic mass is 79.9. The van der Waals surface area contributed by atoms with Gasteiger partial charge in [-0.25, -0.2) is 0 Å². The molecule has 0 saturated carbocycles. The summed E-state index contributed by atoms with van der Waals surface area (Å²) in [4.78, 5) is 16.6. The van der Waals surface area contributed by atoms with Crippen LogP contribution in [0.5, 0.6) is 5.75 Å². The number of nitrogens with one attached hydrogen (secondary N) is 1. The van der Waals surface area contributed by atoms with Gasteiger partial charge >= 0.3 is 6.61 Å². The second-order valence-electron chi connectivity index (χ2n) is 4.48. The van der Waals surface area contributed by atoms with E-state index in [1.165, 1.54) is 18.3 Å². The first-order chi connectivity index (χ1) is 11.5. The molecule has 0 aliphatic rings. The van der Waals surface area contributed by atoms with E-state index in [1.54, 1.807) is 30.3 Å². The van der Waals surface area contributed by atoms with Crippen LogP contribution in [-0.4, -0.2) is 25.3 Å². The van der Waals surface area contributed by atoms with Gasteiger partial charge in [-0.05, 0) is 30.3 Å². The van der Waals surface area contributed by atoms with Crippen molar-refractivity contribution in [2.45, 2.75) is 6.61 Å². The number of hydrogen-bond donors (Lipinski definition) is 1. The van der Waals surface area contributed by atoms with E-state index in [0.29, 0.717) is 11.3 Å². The maximum absolute atomic E-state index is 12.3. The van der Waals surface area contributed by atoms with E-state index in [0.717, 1.165) is 4.47 Å². The van der Waals surface area contributed by atoms with Crippen LogP contribution in [-0.2, 0) is 9.63 Å². The number of ether oxygens (including phenoxy) is 1. The molecule has 2 aromatic carbocycles. The minimum Gasteiger partial charge on any atom is -0.434 e. The molecular weight excluding hydrogens is 386 g/mol. The molecule has 0 spiro atoms. The molecule has 0 aliphatic carbocycles. The van der Waals surface area contributed by atoms with Crippen LogP contribution < -0.4 is 10.1 Å². The number of alkyl halides is 2. The fourth-order valence-corrected chi connectivity index (χ4v) is 2.14. The van der Waals surface area contributed by atoms with Crippen LogP contribution in [0.3, 0.4) is 0 Å². The lowest BCUT2D eigenvalue weighted by Crippen LogP contribution is -2.16. The smallest absolute Gasteiger partial charge is 0.387 e. The number of para-hydroxylation sites is 1. The molecule has 0 atom stereocenters. The van der Waals surface area contributed by atoms with Gasteiger partial charge in [-0.15, -0.1) is 0 Å². The van der Waals surface area contributed by atoms with Gasteiger partial charge in [0.25, 0.3) is 5.91 Å². The molecule has 0 radical (unpaired) electrons. The molecule has 0 aliphatic heterocycles. The molecule has 2 rings (SSSR count). The predicted molar refractivity (Wildman–Crippen MR) is 89.4 cm³/mol. The molecule has 2 aromatic rings. The van der Waals surface area contributed by atoms with Crippen molar-refractivity contribution in [1.82, 2.24) is 0 Å². The highest BCUT2D eigenvalue weighted by molar-refractivity contribution is 9.10. The molecule has 24 heavy (non-hydrogen) atoms. The zero-order valence-electron chi connectivity index (χ0n) is 12.3. The third kappa shape index (κ3) is 5.96. The van der Waals surface area contributed by atoms with Crippen molar-refractivity contribution in [2.75, 3.05) is 11.9 Å². The summed E-state index contributed by atoms with van der Waals surface area (Å²) >= 11 is 3.29. The Morgan fingerprint density at radius 1 is 1.25 bits per heavy atom. The standard InChI is InChI=1S/C16H13BrF2N2O3/c17-12-5-3-6-13(8-12)21-15(22)10-23-20-9-11-4-1-2-7-14(11)24-16(18)19/h1-9,16H,10H2,(H,21,22)/b20-9-. The van der Waals surface area contributed by atoms with Gasteiger partial charge in [0.05, 0.1) is 6.21 Å². The molecular formula is C16H13BrF2N2O3. The van der Waals surface area contributed by atoms with Crippen LogP contribution in [0.1, 0.15) is 5.56 Å². The predicted octanol–water partition coefficient (Wildman–Crippen LogP) is 4.04. The summed E-state index contributed by atoms with van der Waals surface area (Å²) in [5.74, 6) is -0.430. The molecule has 0 fully saturated rings. The second kappa shape index (κ2) is 8.97. The van der Waals surface area contributed by atoms with Crippen LogP contribution >= 0.6 is 15.9 Å². The number of benzene rings is 2. The zero-order chi connectivity index (χ0) is 17.4. The number of anilines is 1. The molecule has 126 valence electrons. The third-order valence-electron chi connectivity index (χ3n) is 2.71. The van der Waals surface area contributed by atoms with E-state index < -0.39 is 12.5 Å². The van der Waals surface area contributed by atoms with Crippen molar-refractivity contribution < 1.29 is 23.1 Å². The van der Waals surface area contributed by atoms with Gasteiger partial charge in [-0.1, -0.05) is 39.3 Å². The summed E-state index contributed by atoms with van der Waals surface area (Å²) in [6.45, 7) is -3.25. The van der Waals surface area contributed by atoms with E-state index in [1.807, 2.05) is 6.07 Å². The summed E-state index contributed by atoms with van der Waals surface area (Å²) in [5.41, 5.74) is 0.919. The Labute approximate surface area is 145 Å². The number of amides is 1.